The van der Waals surface area contributed by atoms with Crippen LogP contribution in [0, 0.1) is 0 Å². The highest BCUT2D eigenvalue weighted by Gasteiger charge is 2.30. The number of alkyl halides is 1. The molecule has 0 aromatic rings. The summed E-state index contributed by atoms with van der Waals surface area (Å²) in [5.41, 5.74) is 5.20. The largest absolute Gasteiger partial charge is 0.463 e. The summed E-state index contributed by atoms with van der Waals surface area (Å²) in [6, 6.07) is 0. The lowest BCUT2D eigenvalue weighted by molar-refractivity contribution is -0.145. The summed E-state index contributed by atoms with van der Waals surface area (Å²) in [5, 5.41) is 0. The molecule has 0 aliphatic rings. The van der Waals surface area contributed by atoms with Gasteiger partial charge in [0.1, 0.15) is 10.9 Å². The van der Waals surface area contributed by atoms with E-state index in [0.717, 1.165) is 12.8 Å². The number of ether oxygens (including phenoxy) is 1. The van der Waals surface area contributed by atoms with Crippen LogP contribution in [0.5, 0.6) is 0 Å². The second-order valence-corrected chi connectivity index (χ2v) is 4.62. The number of halogens is 1. The fourth-order valence-electron chi connectivity index (χ4n) is 0.874. The molecule has 0 bridgehead atoms. The SMILES string of the molecule is CCCC(C)(Br)C(=O)OCCN. The molecule has 1 atom stereocenters. The van der Waals surface area contributed by atoms with E-state index < -0.39 is 4.32 Å². The molecule has 2 N–H and O–H groups in total. The fourth-order valence-corrected chi connectivity index (χ4v) is 1.38. The smallest absolute Gasteiger partial charge is 0.322 e. The molecular formula is C8H16BrNO2. The molecule has 0 rings (SSSR count). The lowest BCUT2D eigenvalue weighted by Crippen LogP contribution is -2.31. The van der Waals surface area contributed by atoms with Gasteiger partial charge >= 0.3 is 5.97 Å². The molecule has 0 aliphatic heterocycles. The molecule has 0 fully saturated rings. The van der Waals surface area contributed by atoms with Crippen LogP contribution in [0.3, 0.4) is 0 Å². The van der Waals surface area contributed by atoms with Crippen molar-refractivity contribution in [3.63, 3.8) is 0 Å². The van der Waals surface area contributed by atoms with Crippen molar-refractivity contribution in [1.82, 2.24) is 0 Å². The molecule has 4 heteroatoms. The molecule has 0 amide bonds. The van der Waals surface area contributed by atoms with Crippen LogP contribution < -0.4 is 5.73 Å². The summed E-state index contributed by atoms with van der Waals surface area (Å²) < 4.78 is 4.35. The van der Waals surface area contributed by atoms with Crippen molar-refractivity contribution in [3.05, 3.63) is 0 Å². The lowest BCUT2D eigenvalue weighted by Gasteiger charge is -2.19. The Morgan fingerprint density at radius 3 is 2.67 bits per heavy atom. The topological polar surface area (TPSA) is 52.3 Å². The first-order valence-electron chi connectivity index (χ1n) is 4.10. The summed E-state index contributed by atoms with van der Waals surface area (Å²) in [6.45, 7) is 4.51. The standard InChI is InChI=1S/C8H16BrNO2/c1-3-4-8(2,9)7(11)12-6-5-10/h3-6,10H2,1-2H3. The Balaban J connectivity index is 3.88. The molecule has 0 saturated heterocycles. The quantitative estimate of drug-likeness (QED) is 0.582. The Kier molecular flexibility index (Phi) is 5.50. The van der Waals surface area contributed by atoms with Crippen molar-refractivity contribution < 1.29 is 9.53 Å². The first-order valence-corrected chi connectivity index (χ1v) is 4.90. The van der Waals surface area contributed by atoms with Crippen LogP contribution in [0.2, 0.25) is 0 Å². The highest BCUT2D eigenvalue weighted by Crippen LogP contribution is 2.24. The van der Waals surface area contributed by atoms with E-state index in [1.165, 1.54) is 0 Å². The molecular weight excluding hydrogens is 222 g/mol. The maximum absolute atomic E-state index is 11.3. The van der Waals surface area contributed by atoms with Crippen LogP contribution in [0.25, 0.3) is 0 Å². The van der Waals surface area contributed by atoms with Crippen LogP contribution in [0.1, 0.15) is 26.7 Å². The second-order valence-electron chi connectivity index (χ2n) is 2.87. The van der Waals surface area contributed by atoms with E-state index in [-0.39, 0.29) is 5.97 Å². The van der Waals surface area contributed by atoms with Crippen LogP contribution in [0.4, 0.5) is 0 Å². The van der Waals surface area contributed by atoms with Crippen molar-refractivity contribution in [2.24, 2.45) is 5.73 Å². The van der Waals surface area contributed by atoms with Gasteiger partial charge in [0.2, 0.25) is 0 Å². The maximum atomic E-state index is 11.3. The molecule has 0 aromatic heterocycles. The number of rotatable bonds is 5. The molecule has 1 unspecified atom stereocenters. The minimum Gasteiger partial charge on any atom is -0.463 e. The predicted octanol–water partition coefficient (Wildman–Crippen LogP) is 1.44. The molecule has 0 aromatic carbocycles. The summed E-state index contributed by atoms with van der Waals surface area (Å²) in [5.74, 6) is -0.227. The van der Waals surface area contributed by atoms with Crippen LogP contribution >= 0.6 is 15.9 Å². The van der Waals surface area contributed by atoms with Gasteiger partial charge in [0.05, 0.1) is 0 Å². The monoisotopic (exact) mass is 237 g/mol. The van der Waals surface area contributed by atoms with Gasteiger partial charge in [-0.25, -0.2) is 0 Å². The number of nitrogens with two attached hydrogens (primary N) is 1. The Morgan fingerprint density at radius 1 is 1.67 bits per heavy atom. The van der Waals surface area contributed by atoms with Crippen LogP contribution in [0.15, 0.2) is 0 Å². The van der Waals surface area contributed by atoms with Gasteiger partial charge in [-0.05, 0) is 13.3 Å². The Morgan fingerprint density at radius 2 is 2.25 bits per heavy atom. The van der Waals surface area contributed by atoms with Crippen LogP contribution in [-0.2, 0) is 9.53 Å². The molecule has 0 radical (unpaired) electrons. The van der Waals surface area contributed by atoms with Crippen molar-refractivity contribution >= 4 is 21.9 Å². The summed E-state index contributed by atoms with van der Waals surface area (Å²) >= 11 is 3.32. The van der Waals surface area contributed by atoms with E-state index >= 15 is 0 Å². The lowest BCUT2D eigenvalue weighted by atomic mass is 10.1. The van der Waals surface area contributed by atoms with Gasteiger partial charge in [-0.2, -0.15) is 0 Å². The first kappa shape index (κ1) is 11.9. The molecule has 0 aliphatic carbocycles. The van der Waals surface area contributed by atoms with Gasteiger partial charge < -0.3 is 10.5 Å². The van der Waals surface area contributed by atoms with Gasteiger partial charge in [-0.15, -0.1) is 0 Å². The van der Waals surface area contributed by atoms with E-state index in [1.54, 1.807) is 0 Å². The average Bonchev–Trinajstić information content (AvgIpc) is 2.00. The minimum atomic E-state index is -0.545. The maximum Gasteiger partial charge on any atom is 0.322 e. The highest BCUT2D eigenvalue weighted by atomic mass is 79.9. The molecule has 0 spiro atoms. The zero-order valence-corrected chi connectivity index (χ0v) is 9.19. The number of hydrogen-bond acceptors (Lipinski definition) is 3. The Hall–Kier alpha value is -0.0900. The summed E-state index contributed by atoms with van der Waals surface area (Å²) in [6.07, 6.45) is 1.72. The molecule has 3 nitrogen and oxygen atoms in total. The van der Waals surface area contributed by atoms with E-state index in [4.69, 9.17) is 10.5 Å². The molecule has 0 heterocycles. The highest BCUT2D eigenvalue weighted by molar-refractivity contribution is 9.10. The van der Waals surface area contributed by atoms with E-state index in [0.29, 0.717) is 13.2 Å². The Labute approximate surface area is 81.8 Å². The number of hydrogen-bond donors (Lipinski definition) is 1. The third-order valence-electron chi connectivity index (χ3n) is 1.50. The molecule has 12 heavy (non-hydrogen) atoms. The van der Waals surface area contributed by atoms with Crippen molar-refractivity contribution in [3.8, 4) is 0 Å². The van der Waals surface area contributed by atoms with Gasteiger partial charge in [0, 0.05) is 6.54 Å². The van der Waals surface area contributed by atoms with E-state index in [9.17, 15) is 4.79 Å². The molecule has 72 valence electrons. The van der Waals surface area contributed by atoms with Gasteiger partial charge in [0.15, 0.2) is 0 Å². The zero-order chi connectivity index (χ0) is 9.61. The van der Waals surface area contributed by atoms with Crippen LogP contribution in [-0.4, -0.2) is 23.4 Å². The third-order valence-corrected chi connectivity index (χ3v) is 2.22. The van der Waals surface area contributed by atoms with E-state index in [2.05, 4.69) is 15.9 Å². The third kappa shape index (κ3) is 4.07. The predicted molar refractivity (Wildman–Crippen MR) is 52.3 cm³/mol. The summed E-state index contributed by atoms with van der Waals surface area (Å²) in [4.78, 5) is 11.3. The minimum absolute atomic E-state index is 0.227. The normalized spacial score (nSPS) is 15.3. The van der Waals surface area contributed by atoms with Gasteiger partial charge in [-0.3, -0.25) is 4.79 Å². The fraction of sp³-hybridized carbons (Fsp3) is 0.875. The number of carbonyl (C=O) groups is 1. The first-order chi connectivity index (χ1) is 5.54. The molecule has 0 saturated carbocycles. The van der Waals surface area contributed by atoms with Crippen molar-refractivity contribution in [1.29, 1.82) is 0 Å². The zero-order valence-electron chi connectivity index (χ0n) is 7.60. The van der Waals surface area contributed by atoms with Crippen molar-refractivity contribution in [2.45, 2.75) is 31.0 Å². The Bertz CT molecular complexity index is 148. The van der Waals surface area contributed by atoms with E-state index in [1.807, 2.05) is 13.8 Å². The van der Waals surface area contributed by atoms with Gasteiger partial charge in [-0.1, -0.05) is 29.3 Å². The summed E-state index contributed by atoms with van der Waals surface area (Å²) in [7, 11) is 0. The number of esters is 1. The second kappa shape index (κ2) is 5.54. The average molecular weight is 238 g/mol. The van der Waals surface area contributed by atoms with Crippen molar-refractivity contribution in [2.75, 3.05) is 13.2 Å². The number of carbonyl (C=O) groups excluding carboxylic acids is 1. The van der Waals surface area contributed by atoms with Gasteiger partial charge in [0.25, 0.3) is 0 Å².